The molecule has 2 fully saturated rings. The van der Waals surface area contributed by atoms with Gasteiger partial charge in [0, 0.05) is 19.0 Å². The summed E-state index contributed by atoms with van der Waals surface area (Å²) < 4.78 is 0. The van der Waals surface area contributed by atoms with Crippen molar-refractivity contribution in [3.63, 3.8) is 0 Å². The molecule has 2 atom stereocenters. The first-order valence-electron chi connectivity index (χ1n) is 7.31. The van der Waals surface area contributed by atoms with Gasteiger partial charge in [-0.15, -0.1) is 12.4 Å². The second kappa shape index (κ2) is 8.00. The lowest BCUT2D eigenvalue weighted by Gasteiger charge is -2.36. The predicted octanol–water partition coefficient (Wildman–Crippen LogP) is 2.59. The van der Waals surface area contributed by atoms with Gasteiger partial charge in [-0.3, -0.25) is 4.79 Å². The summed E-state index contributed by atoms with van der Waals surface area (Å²) in [5.41, 5.74) is 0. The Bertz CT molecular complexity index is 252. The maximum Gasteiger partial charge on any atom is 0.223 e. The van der Waals surface area contributed by atoms with E-state index < -0.39 is 0 Å². The van der Waals surface area contributed by atoms with Crippen LogP contribution in [0.5, 0.6) is 0 Å². The molecule has 1 N–H and O–H groups in total. The average Bonchev–Trinajstić information content (AvgIpc) is 2.83. The highest BCUT2D eigenvalue weighted by Crippen LogP contribution is 2.23. The normalized spacial score (nSPS) is 27.9. The van der Waals surface area contributed by atoms with E-state index in [1.807, 2.05) is 0 Å². The molecule has 3 nitrogen and oxygen atoms in total. The van der Waals surface area contributed by atoms with Gasteiger partial charge in [0.05, 0.1) is 0 Å². The summed E-state index contributed by atoms with van der Waals surface area (Å²) in [6, 6.07) is 0.538. The van der Waals surface area contributed by atoms with Gasteiger partial charge < -0.3 is 10.2 Å². The zero-order valence-corrected chi connectivity index (χ0v) is 12.3. The van der Waals surface area contributed by atoms with Crippen LogP contribution in [0.25, 0.3) is 0 Å². The van der Waals surface area contributed by atoms with Crippen LogP contribution in [0.1, 0.15) is 51.9 Å². The van der Waals surface area contributed by atoms with Crippen molar-refractivity contribution in [3.8, 4) is 0 Å². The Morgan fingerprint density at radius 1 is 1.33 bits per heavy atom. The first-order valence-corrected chi connectivity index (χ1v) is 7.31. The van der Waals surface area contributed by atoms with Gasteiger partial charge in [-0.2, -0.15) is 0 Å². The van der Waals surface area contributed by atoms with E-state index in [9.17, 15) is 4.79 Å². The Morgan fingerprint density at radius 2 is 2.17 bits per heavy atom. The smallest absolute Gasteiger partial charge is 0.223 e. The summed E-state index contributed by atoms with van der Waals surface area (Å²) in [5, 5.41) is 3.35. The summed E-state index contributed by atoms with van der Waals surface area (Å²) in [6.07, 6.45) is 8.07. The van der Waals surface area contributed by atoms with Crippen molar-refractivity contribution in [2.45, 2.75) is 57.9 Å². The minimum absolute atomic E-state index is 0. The van der Waals surface area contributed by atoms with E-state index in [1.165, 1.54) is 38.5 Å². The summed E-state index contributed by atoms with van der Waals surface area (Å²) in [7, 11) is 0. The van der Waals surface area contributed by atoms with E-state index in [2.05, 4.69) is 17.1 Å². The lowest BCUT2D eigenvalue weighted by Crippen LogP contribution is -2.44. The zero-order valence-electron chi connectivity index (χ0n) is 11.5. The van der Waals surface area contributed by atoms with Gasteiger partial charge in [-0.25, -0.2) is 0 Å². The van der Waals surface area contributed by atoms with Crippen molar-refractivity contribution in [2.24, 2.45) is 5.92 Å². The molecule has 1 amide bonds. The first-order chi connectivity index (χ1) is 8.31. The maximum atomic E-state index is 12.3. The van der Waals surface area contributed by atoms with E-state index >= 15 is 0 Å². The van der Waals surface area contributed by atoms with Gasteiger partial charge in [-0.1, -0.05) is 13.3 Å². The molecule has 2 aliphatic rings. The van der Waals surface area contributed by atoms with Crippen molar-refractivity contribution in [1.29, 1.82) is 0 Å². The summed E-state index contributed by atoms with van der Waals surface area (Å²) >= 11 is 0. The van der Waals surface area contributed by atoms with Crippen molar-refractivity contribution in [2.75, 3.05) is 19.6 Å². The lowest BCUT2D eigenvalue weighted by atomic mass is 9.96. The fraction of sp³-hybridized carbons (Fsp3) is 0.929. The Morgan fingerprint density at radius 3 is 2.83 bits per heavy atom. The number of nitrogens with one attached hydrogen (secondary N) is 1. The summed E-state index contributed by atoms with van der Waals surface area (Å²) in [4.78, 5) is 14.5. The van der Waals surface area contributed by atoms with E-state index in [0.717, 1.165) is 26.1 Å². The Hall–Kier alpha value is -0.280. The van der Waals surface area contributed by atoms with Crippen LogP contribution < -0.4 is 5.32 Å². The fourth-order valence-corrected chi connectivity index (χ4v) is 3.22. The topological polar surface area (TPSA) is 32.3 Å². The van der Waals surface area contributed by atoms with Crippen LogP contribution in [0.15, 0.2) is 0 Å². The van der Waals surface area contributed by atoms with Crippen LogP contribution in [-0.2, 0) is 4.79 Å². The number of carbonyl (C=O) groups is 1. The molecule has 0 spiro atoms. The molecule has 0 radical (unpaired) electrons. The average molecular weight is 275 g/mol. The molecule has 2 rings (SSSR count). The van der Waals surface area contributed by atoms with Crippen LogP contribution in [0.3, 0.4) is 0 Å². The van der Waals surface area contributed by atoms with Gasteiger partial charge >= 0.3 is 0 Å². The molecule has 0 aromatic rings. The van der Waals surface area contributed by atoms with Gasteiger partial charge in [0.1, 0.15) is 0 Å². The highest BCUT2D eigenvalue weighted by atomic mass is 35.5. The van der Waals surface area contributed by atoms with Crippen LogP contribution in [0.2, 0.25) is 0 Å². The van der Waals surface area contributed by atoms with Gasteiger partial charge in [0.15, 0.2) is 0 Å². The number of rotatable bonds is 4. The number of halogens is 1. The molecule has 0 saturated carbocycles. The quantitative estimate of drug-likeness (QED) is 0.855. The van der Waals surface area contributed by atoms with Crippen LogP contribution in [0.4, 0.5) is 0 Å². The number of amides is 1. The molecule has 4 heteroatoms. The van der Waals surface area contributed by atoms with Crippen molar-refractivity contribution < 1.29 is 4.79 Å². The van der Waals surface area contributed by atoms with Gasteiger partial charge in [-0.05, 0) is 51.1 Å². The largest absolute Gasteiger partial charge is 0.340 e. The van der Waals surface area contributed by atoms with Crippen LogP contribution in [-0.4, -0.2) is 36.5 Å². The van der Waals surface area contributed by atoms with Crippen LogP contribution in [0, 0.1) is 5.92 Å². The van der Waals surface area contributed by atoms with Crippen LogP contribution >= 0.6 is 12.4 Å². The number of nitrogens with zero attached hydrogens (tertiary/aromatic N) is 1. The maximum absolute atomic E-state index is 12.3. The summed E-state index contributed by atoms with van der Waals surface area (Å²) in [5.74, 6) is 1.00. The molecule has 0 bridgehead atoms. The second-order valence-electron chi connectivity index (χ2n) is 5.59. The summed E-state index contributed by atoms with van der Waals surface area (Å²) in [6.45, 7) is 5.36. The minimum Gasteiger partial charge on any atom is -0.340 e. The fourth-order valence-electron chi connectivity index (χ4n) is 3.22. The molecular formula is C14H27ClN2O. The Labute approximate surface area is 117 Å². The van der Waals surface area contributed by atoms with Gasteiger partial charge in [0.2, 0.25) is 5.91 Å². The molecular weight excluding hydrogens is 248 g/mol. The zero-order chi connectivity index (χ0) is 12.1. The standard InChI is InChI=1S/C14H26N2O.ClH/c1-2-5-13-6-3-4-9-16(13)14(17)10-12-7-8-15-11-12;/h12-13,15H,2-11H2,1H3;1H. The van der Waals surface area contributed by atoms with E-state index in [1.54, 1.807) is 0 Å². The van der Waals surface area contributed by atoms with E-state index in [-0.39, 0.29) is 12.4 Å². The number of likely N-dealkylation sites (tertiary alicyclic amines) is 1. The Kier molecular flexibility index (Phi) is 7.02. The lowest BCUT2D eigenvalue weighted by molar-refractivity contribution is -0.135. The molecule has 2 aliphatic heterocycles. The predicted molar refractivity (Wildman–Crippen MR) is 77.1 cm³/mol. The van der Waals surface area contributed by atoms with E-state index in [0.29, 0.717) is 17.9 Å². The first kappa shape index (κ1) is 15.8. The number of hydrogen-bond donors (Lipinski definition) is 1. The highest BCUT2D eigenvalue weighted by molar-refractivity contribution is 5.85. The molecule has 2 heterocycles. The number of piperidine rings is 1. The van der Waals surface area contributed by atoms with Crippen molar-refractivity contribution in [3.05, 3.63) is 0 Å². The second-order valence-corrected chi connectivity index (χ2v) is 5.59. The molecule has 18 heavy (non-hydrogen) atoms. The highest BCUT2D eigenvalue weighted by Gasteiger charge is 2.28. The monoisotopic (exact) mass is 274 g/mol. The third-order valence-electron chi connectivity index (χ3n) is 4.20. The number of carbonyl (C=O) groups excluding carboxylic acids is 1. The SMILES string of the molecule is CCCC1CCCCN1C(=O)CC1CCNC1.Cl. The third-order valence-corrected chi connectivity index (χ3v) is 4.20. The van der Waals surface area contributed by atoms with Crippen molar-refractivity contribution >= 4 is 18.3 Å². The molecule has 106 valence electrons. The van der Waals surface area contributed by atoms with Crippen molar-refractivity contribution in [1.82, 2.24) is 10.2 Å². The molecule has 2 unspecified atom stereocenters. The van der Waals surface area contributed by atoms with Gasteiger partial charge in [0.25, 0.3) is 0 Å². The number of hydrogen-bond acceptors (Lipinski definition) is 2. The molecule has 0 aromatic heterocycles. The Balaban J connectivity index is 0.00000162. The molecule has 2 saturated heterocycles. The molecule has 0 aromatic carbocycles. The van der Waals surface area contributed by atoms with E-state index in [4.69, 9.17) is 0 Å². The molecule has 0 aliphatic carbocycles. The minimum atomic E-state index is 0. The third kappa shape index (κ3) is 4.13.